The highest BCUT2D eigenvalue weighted by Crippen LogP contribution is 2.33. The van der Waals surface area contributed by atoms with Crippen molar-refractivity contribution in [1.29, 1.82) is 0 Å². The lowest BCUT2D eigenvalue weighted by Gasteiger charge is -2.15. The van der Waals surface area contributed by atoms with Gasteiger partial charge in [0.05, 0.1) is 17.3 Å². The zero-order valence-corrected chi connectivity index (χ0v) is 14.9. The number of nitrogens with zero attached hydrogens (tertiary/aromatic N) is 2. The van der Waals surface area contributed by atoms with Crippen molar-refractivity contribution < 1.29 is 14.1 Å². The predicted octanol–water partition coefficient (Wildman–Crippen LogP) is 3.51. The number of hydrogen-bond donors (Lipinski definition) is 0. The predicted molar refractivity (Wildman–Crippen MR) is 91.1 cm³/mol. The van der Waals surface area contributed by atoms with Crippen LogP contribution in [0.2, 0.25) is 0 Å². The van der Waals surface area contributed by atoms with Crippen LogP contribution in [0.1, 0.15) is 51.0 Å². The van der Waals surface area contributed by atoms with Crippen molar-refractivity contribution in [2.45, 2.75) is 46.3 Å². The van der Waals surface area contributed by atoms with Gasteiger partial charge in [-0.1, -0.05) is 22.9 Å². The number of esters is 1. The third kappa shape index (κ3) is 3.22. The minimum Gasteiger partial charge on any atom is -0.457 e. The molecule has 0 N–H and O–H groups in total. The van der Waals surface area contributed by atoms with Crippen LogP contribution >= 0.6 is 0 Å². The summed E-state index contributed by atoms with van der Waals surface area (Å²) in [5.74, 6) is 0.592. The molecule has 3 rings (SSSR count). The Morgan fingerprint density at radius 2 is 1.88 bits per heavy atom. The van der Waals surface area contributed by atoms with Gasteiger partial charge < -0.3 is 9.26 Å². The number of carbonyl (C=O) groups excluding carboxylic acids is 1. The van der Waals surface area contributed by atoms with E-state index in [1.807, 2.05) is 52.9 Å². The van der Waals surface area contributed by atoms with E-state index in [2.05, 4.69) is 10.1 Å². The molecule has 0 bridgehead atoms. The molecule has 1 aliphatic rings. The van der Waals surface area contributed by atoms with Gasteiger partial charge in [-0.25, -0.2) is 4.79 Å². The molecule has 1 aromatic carbocycles. The van der Waals surface area contributed by atoms with Gasteiger partial charge in [-0.3, -0.25) is 4.90 Å². The summed E-state index contributed by atoms with van der Waals surface area (Å²) in [5.41, 5.74) is 4.63. The minimum absolute atomic E-state index is 0.101. The van der Waals surface area contributed by atoms with E-state index in [0.717, 1.165) is 34.6 Å². The van der Waals surface area contributed by atoms with Gasteiger partial charge in [0.15, 0.2) is 5.76 Å². The van der Waals surface area contributed by atoms with Crippen LogP contribution in [-0.4, -0.2) is 35.7 Å². The van der Waals surface area contributed by atoms with Crippen molar-refractivity contribution in [2.75, 3.05) is 13.6 Å². The molecule has 2 atom stereocenters. The fraction of sp³-hybridized carbons (Fsp3) is 0.474. The second-order valence-corrected chi connectivity index (χ2v) is 6.86. The number of likely N-dealkylation sites (N-methyl/N-ethyl adjacent to an activating group) is 1. The van der Waals surface area contributed by atoms with Crippen molar-refractivity contribution >= 4 is 5.97 Å². The van der Waals surface area contributed by atoms with Gasteiger partial charge in [-0.2, -0.15) is 0 Å². The Morgan fingerprint density at radius 3 is 2.46 bits per heavy atom. The van der Waals surface area contributed by atoms with Crippen LogP contribution in [0, 0.1) is 27.7 Å². The average Bonchev–Trinajstić information content (AvgIpc) is 3.03. The zero-order chi connectivity index (χ0) is 17.4. The molecule has 0 radical (unpaired) electrons. The van der Waals surface area contributed by atoms with E-state index < -0.39 is 0 Å². The number of benzene rings is 1. The molecule has 5 nitrogen and oxygen atoms in total. The number of hydrogen-bond acceptors (Lipinski definition) is 5. The van der Waals surface area contributed by atoms with E-state index in [4.69, 9.17) is 9.26 Å². The molecule has 5 heteroatoms. The lowest BCUT2D eigenvalue weighted by Crippen LogP contribution is -2.23. The molecule has 2 aromatic rings. The van der Waals surface area contributed by atoms with Crippen LogP contribution in [0.5, 0.6) is 0 Å². The van der Waals surface area contributed by atoms with Gasteiger partial charge in [0, 0.05) is 19.0 Å². The van der Waals surface area contributed by atoms with E-state index in [1.54, 1.807) is 0 Å². The highest BCUT2D eigenvalue weighted by Gasteiger charge is 2.35. The Morgan fingerprint density at radius 1 is 1.21 bits per heavy atom. The molecule has 1 aliphatic heterocycles. The Labute approximate surface area is 142 Å². The molecule has 0 spiro atoms. The molecular formula is C19H24N2O3. The van der Waals surface area contributed by atoms with Crippen molar-refractivity contribution in [3.8, 4) is 0 Å². The maximum absolute atomic E-state index is 12.6. The van der Waals surface area contributed by atoms with Crippen LogP contribution in [0.3, 0.4) is 0 Å². The minimum atomic E-state index is -0.238. The second kappa shape index (κ2) is 6.40. The van der Waals surface area contributed by atoms with Crippen molar-refractivity contribution in [3.05, 3.63) is 51.9 Å². The fourth-order valence-corrected chi connectivity index (χ4v) is 3.62. The maximum Gasteiger partial charge on any atom is 0.338 e. The van der Waals surface area contributed by atoms with Crippen molar-refractivity contribution in [3.63, 3.8) is 0 Å². The van der Waals surface area contributed by atoms with E-state index in [9.17, 15) is 4.79 Å². The summed E-state index contributed by atoms with van der Waals surface area (Å²) in [6.45, 7) is 8.54. The lowest BCUT2D eigenvalue weighted by molar-refractivity contribution is 0.0324. The number of aryl methyl sites for hydroxylation is 4. The monoisotopic (exact) mass is 328 g/mol. The number of likely N-dealkylation sites (tertiary alicyclic amines) is 1. The van der Waals surface area contributed by atoms with E-state index in [1.165, 1.54) is 0 Å². The molecule has 1 saturated heterocycles. The first-order valence-electron chi connectivity index (χ1n) is 8.27. The van der Waals surface area contributed by atoms with Gasteiger partial charge in [0.25, 0.3) is 0 Å². The molecule has 24 heavy (non-hydrogen) atoms. The molecule has 2 heterocycles. The zero-order valence-electron chi connectivity index (χ0n) is 14.9. The third-order valence-corrected chi connectivity index (χ3v) is 4.64. The quantitative estimate of drug-likeness (QED) is 0.807. The highest BCUT2D eigenvalue weighted by molar-refractivity contribution is 5.93. The van der Waals surface area contributed by atoms with Gasteiger partial charge in [0.1, 0.15) is 6.10 Å². The van der Waals surface area contributed by atoms with E-state index in [-0.39, 0.29) is 18.1 Å². The van der Waals surface area contributed by atoms with Crippen molar-refractivity contribution in [1.82, 2.24) is 10.1 Å². The van der Waals surface area contributed by atoms with Crippen LogP contribution in [0.4, 0.5) is 0 Å². The second-order valence-electron chi connectivity index (χ2n) is 6.86. The van der Waals surface area contributed by atoms with E-state index in [0.29, 0.717) is 12.1 Å². The third-order valence-electron chi connectivity index (χ3n) is 4.64. The Hall–Kier alpha value is -2.14. The summed E-state index contributed by atoms with van der Waals surface area (Å²) in [5, 5.41) is 3.95. The summed E-state index contributed by atoms with van der Waals surface area (Å²) in [6.07, 6.45) is 0.582. The topological polar surface area (TPSA) is 55.6 Å². The summed E-state index contributed by atoms with van der Waals surface area (Å²) in [4.78, 5) is 14.8. The van der Waals surface area contributed by atoms with Crippen LogP contribution < -0.4 is 0 Å². The van der Waals surface area contributed by atoms with E-state index >= 15 is 0 Å². The summed E-state index contributed by atoms with van der Waals surface area (Å²) in [7, 11) is 2.01. The Kier molecular flexibility index (Phi) is 4.45. The molecule has 0 saturated carbocycles. The van der Waals surface area contributed by atoms with Gasteiger partial charge in [0.2, 0.25) is 0 Å². The first-order chi connectivity index (χ1) is 11.3. The fourth-order valence-electron chi connectivity index (χ4n) is 3.62. The van der Waals surface area contributed by atoms with Crippen LogP contribution in [-0.2, 0) is 4.74 Å². The molecule has 0 amide bonds. The summed E-state index contributed by atoms with van der Waals surface area (Å²) >= 11 is 0. The smallest absolute Gasteiger partial charge is 0.338 e. The normalized spacial score (nSPS) is 21.2. The lowest BCUT2D eigenvalue weighted by atomic mass is 10.00. The van der Waals surface area contributed by atoms with Crippen LogP contribution in [0.25, 0.3) is 0 Å². The Balaban J connectivity index is 1.72. The number of ether oxygens (including phenoxy) is 1. The molecule has 1 fully saturated rings. The van der Waals surface area contributed by atoms with Gasteiger partial charge in [-0.05, 0) is 45.9 Å². The molecule has 1 aromatic heterocycles. The standard InChI is InChI=1S/C19H24N2O3/c1-11-6-12(2)18(13(3)7-11)19(22)23-15-9-16(21(5)10-15)17-8-14(4)20-24-17/h6-8,15-16H,9-10H2,1-5H3/t15-,16+/m1/s1. The van der Waals surface area contributed by atoms with Crippen molar-refractivity contribution in [2.24, 2.45) is 0 Å². The SMILES string of the molecule is Cc1cc(C)c(C(=O)O[C@@H]2C[C@@H](c3cc(C)no3)N(C)C2)c(C)c1. The summed E-state index contributed by atoms with van der Waals surface area (Å²) < 4.78 is 11.2. The molecular weight excluding hydrogens is 304 g/mol. The summed E-state index contributed by atoms with van der Waals surface area (Å²) in [6, 6.07) is 6.08. The number of carbonyl (C=O) groups is 1. The average molecular weight is 328 g/mol. The van der Waals surface area contributed by atoms with Gasteiger partial charge >= 0.3 is 5.97 Å². The molecule has 0 unspecified atom stereocenters. The first kappa shape index (κ1) is 16.7. The maximum atomic E-state index is 12.6. The van der Waals surface area contributed by atoms with Crippen LogP contribution in [0.15, 0.2) is 22.7 Å². The Bertz CT molecular complexity index is 743. The largest absolute Gasteiger partial charge is 0.457 e. The first-order valence-corrected chi connectivity index (χ1v) is 8.27. The van der Waals surface area contributed by atoms with Gasteiger partial charge in [-0.15, -0.1) is 0 Å². The number of aromatic nitrogens is 1. The number of rotatable bonds is 3. The molecule has 128 valence electrons. The molecule has 0 aliphatic carbocycles. The highest BCUT2D eigenvalue weighted by atomic mass is 16.5.